The van der Waals surface area contributed by atoms with Crippen LogP contribution in [0.4, 0.5) is 5.82 Å². The molecule has 0 bridgehead atoms. The number of nitro groups is 1. The summed E-state index contributed by atoms with van der Waals surface area (Å²) in [7, 11) is 0. The molecule has 94 valence electrons. The molecular formula is C9H8N4O5. The molecule has 0 saturated heterocycles. The molecule has 2 rings (SSSR count). The average molecular weight is 252 g/mol. The molecule has 9 nitrogen and oxygen atoms in total. The second-order valence-electron chi connectivity index (χ2n) is 3.50. The van der Waals surface area contributed by atoms with Crippen molar-refractivity contribution in [2.45, 2.75) is 13.5 Å². The van der Waals surface area contributed by atoms with E-state index in [0.717, 1.165) is 0 Å². The summed E-state index contributed by atoms with van der Waals surface area (Å²) in [6, 6.07) is 1.23. The molecule has 1 N–H and O–H groups in total. The van der Waals surface area contributed by atoms with Crippen LogP contribution in [0, 0.1) is 17.0 Å². The summed E-state index contributed by atoms with van der Waals surface area (Å²) in [6.07, 6.45) is 1.39. The van der Waals surface area contributed by atoms with Crippen LogP contribution in [0.25, 0.3) is 0 Å². The third-order valence-electron chi connectivity index (χ3n) is 2.32. The van der Waals surface area contributed by atoms with Crippen molar-refractivity contribution in [1.29, 1.82) is 0 Å². The van der Waals surface area contributed by atoms with Gasteiger partial charge in [-0.2, -0.15) is 4.68 Å². The van der Waals surface area contributed by atoms with Gasteiger partial charge in [-0.05, 0) is 11.8 Å². The zero-order chi connectivity index (χ0) is 13.3. The van der Waals surface area contributed by atoms with E-state index in [1.54, 1.807) is 6.92 Å². The summed E-state index contributed by atoms with van der Waals surface area (Å²) >= 11 is 0. The molecule has 0 amide bonds. The SMILES string of the molecule is Cc1onc(C(=O)O)c1Cn1ccc([N+](=O)[O-])n1. The third kappa shape index (κ3) is 2.05. The Kier molecular flexibility index (Phi) is 2.80. The zero-order valence-corrected chi connectivity index (χ0v) is 9.23. The van der Waals surface area contributed by atoms with Gasteiger partial charge in [0.2, 0.25) is 0 Å². The van der Waals surface area contributed by atoms with E-state index < -0.39 is 10.9 Å². The van der Waals surface area contributed by atoms with Crippen molar-refractivity contribution in [2.75, 3.05) is 0 Å². The van der Waals surface area contributed by atoms with Gasteiger partial charge in [-0.3, -0.25) is 0 Å². The molecule has 0 spiro atoms. The Labute approximate surface area is 99.8 Å². The number of aryl methyl sites for hydroxylation is 1. The molecular weight excluding hydrogens is 244 g/mol. The molecule has 2 heterocycles. The first-order chi connectivity index (χ1) is 8.49. The molecule has 0 aliphatic rings. The molecule has 0 fully saturated rings. The van der Waals surface area contributed by atoms with Gasteiger partial charge in [-0.15, -0.1) is 0 Å². The van der Waals surface area contributed by atoms with Crippen LogP contribution < -0.4 is 0 Å². The van der Waals surface area contributed by atoms with Crippen LogP contribution in [0.15, 0.2) is 16.8 Å². The van der Waals surface area contributed by atoms with Crippen LogP contribution in [-0.2, 0) is 6.54 Å². The van der Waals surface area contributed by atoms with E-state index in [1.807, 2.05) is 0 Å². The topological polar surface area (TPSA) is 124 Å². The van der Waals surface area contributed by atoms with E-state index in [0.29, 0.717) is 11.3 Å². The lowest BCUT2D eigenvalue weighted by atomic mass is 10.2. The average Bonchev–Trinajstić information content (AvgIpc) is 2.88. The summed E-state index contributed by atoms with van der Waals surface area (Å²) in [6.45, 7) is 1.61. The molecule has 0 aliphatic heterocycles. The first kappa shape index (κ1) is 11.8. The Hall–Kier alpha value is -2.71. The summed E-state index contributed by atoms with van der Waals surface area (Å²) < 4.78 is 6.03. The number of aromatic nitrogens is 3. The summed E-state index contributed by atoms with van der Waals surface area (Å²) in [4.78, 5) is 20.7. The predicted octanol–water partition coefficient (Wildman–Crippen LogP) is 0.834. The minimum Gasteiger partial charge on any atom is -0.476 e. The van der Waals surface area contributed by atoms with Gasteiger partial charge in [-0.1, -0.05) is 5.16 Å². The number of hydrogen-bond acceptors (Lipinski definition) is 6. The minimum absolute atomic E-state index is 0.0464. The Morgan fingerprint density at radius 2 is 2.39 bits per heavy atom. The predicted molar refractivity (Wildman–Crippen MR) is 56.2 cm³/mol. The standard InChI is InChI=1S/C9H8N4O5/c1-5-6(8(9(14)15)11-18-5)4-12-3-2-7(10-12)13(16)17/h2-3H,4H2,1H3,(H,14,15). The second kappa shape index (κ2) is 4.28. The number of aromatic carboxylic acids is 1. The van der Waals surface area contributed by atoms with Crippen LogP contribution in [0.3, 0.4) is 0 Å². The van der Waals surface area contributed by atoms with Gasteiger partial charge in [-0.25, -0.2) is 4.79 Å². The second-order valence-corrected chi connectivity index (χ2v) is 3.50. The van der Waals surface area contributed by atoms with Crippen molar-refractivity contribution in [3.63, 3.8) is 0 Å². The molecule has 0 atom stereocenters. The molecule has 2 aromatic rings. The van der Waals surface area contributed by atoms with Gasteiger partial charge in [0.05, 0.1) is 29.5 Å². The minimum atomic E-state index is -1.22. The maximum absolute atomic E-state index is 10.9. The molecule has 0 radical (unpaired) electrons. The zero-order valence-electron chi connectivity index (χ0n) is 9.23. The summed E-state index contributed by atoms with van der Waals surface area (Å²) in [5, 5.41) is 26.4. The van der Waals surface area contributed by atoms with Crippen LogP contribution in [0.2, 0.25) is 0 Å². The monoisotopic (exact) mass is 252 g/mol. The Bertz CT molecular complexity index is 614. The molecule has 0 aromatic carbocycles. The van der Waals surface area contributed by atoms with Gasteiger partial charge < -0.3 is 19.7 Å². The number of rotatable bonds is 4. The van der Waals surface area contributed by atoms with E-state index in [2.05, 4.69) is 10.3 Å². The lowest BCUT2D eigenvalue weighted by Crippen LogP contribution is -2.07. The van der Waals surface area contributed by atoms with Crippen LogP contribution in [-0.4, -0.2) is 30.9 Å². The van der Waals surface area contributed by atoms with Gasteiger partial charge in [0.1, 0.15) is 5.76 Å². The highest BCUT2D eigenvalue weighted by molar-refractivity contribution is 5.87. The summed E-state index contributed by atoms with van der Waals surface area (Å²) in [5.41, 5.74) is 0.117. The molecule has 0 aliphatic carbocycles. The van der Waals surface area contributed by atoms with Crippen molar-refractivity contribution in [2.24, 2.45) is 0 Å². The van der Waals surface area contributed by atoms with E-state index in [9.17, 15) is 14.9 Å². The lowest BCUT2D eigenvalue weighted by Gasteiger charge is -1.96. The fraction of sp³-hybridized carbons (Fsp3) is 0.222. The number of carbonyl (C=O) groups is 1. The van der Waals surface area contributed by atoms with Crippen LogP contribution >= 0.6 is 0 Å². The molecule has 0 saturated carbocycles. The molecule has 18 heavy (non-hydrogen) atoms. The first-order valence-corrected chi connectivity index (χ1v) is 4.85. The Morgan fingerprint density at radius 3 is 2.94 bits per heavy atom. The highest BCUT2D eigenvalue weighted by Crippen LogP contribution is 2.16. The Balaban J connectivity index is 2.30. The number of carboxylic acids is 1. The maximum Gasteiger partial charge on any atom is 0.389 e. The fourth-order valence-corrected chi connectivity index (χ4v) is 1.44. The number of hydrogen-bond donors (Lipinski definition) is 1. The smallest absolute Gasteiger partial charge is 0.389 e. The molecule has 0 unspecified atom stereocenters. The molecule has 2 aromatic heterocycles. The van der Waals surface area contributed by atoms with Gasteiger partial charge in [0.25, 0.3) is 0 Å². The van der Waals surface area contributed by atoms with E-state index in [1.165, 1.54) is 16.9 Å². The van der Waals surface area contributed by atoms with Gasteiger partial charge >= 0.3 is 11.8 Å². The quantitative estimate of drug-likeness (QED) is 0.631. The van der Waals surface area contributed by atoms with E-state index in [4.69, 9.17) is 9.63 Å². The van der Waals surface area contributed by atoms with E-state index >= 15 is 0 Å². The third-order valence-corrected chi connectivity index (χ3v) is 2.32. The van der Waals surface area contributed by atoms with Crippen molar-refractivity contribution in [3.05, 3.63) is 39.4 Å². The van der Waals surface area contributed by atoms with Crippen molar-refractivity contribution in [3.8, 4) is 0 Å². The highest BCUT2D eigenvalue weighted by Gasteiger charge is 2.21. The number of nitrogens with zero attached hydrogens (tertiary/aromatic N) is 4. The largest absolute Gasteiger partial charge is 0.476 e. The van der Waals surface area contributed by atoms with Crippen LogP contribution in [0.1, 0.15) is 21.8 Å². The van der Waals surface area contributed by atoms with E-state index in [-0.39, 0.29) is 18.1 Å². The summed E-state index contributed by atoms with van der Waals surface area (Å²) in [5.74, 6) is -1.19. The maximum atomic E-state index is 10.9. The van der Waals surface area contributed by atoms with Gasteiger partial charge in [0.15, 0.2) is 5.69 Å². The first-order valence-electron chi connectivity index (χ1n) is 4.85. The normalized spacial score (nSPS) is 10.5. The number of carboxylic acid groups (broad SMARTS) is 1. The van der Waals surface area contributed by atoms with Crippen molar-refractivity contribution in [1.82, 2.24) is 14.9 Å². The van der Waals surface area contributed by atoms with Crippen molar-refractivity contribution < 1.29 is 19.3 Å². The lowest BCUT2D eigenvalue weighted by molar-refractivity contribution is -0.389. The highest BCUT2D eigenvalue weighted by atomic mass is 16.6. The fourth-order valence-electron chi connectivity index (χ4n) is 1.44. The molecule has 9 heteroatoms. The Morgan fingerprint density at radius 1 is 1.67 bits per heavy atom. The van der Waals surface area contributed by atoms with Crippen LogP contribution in [0.5, 0.6) is 0 Å². The van der Waals surface area contributed by atoms with Gasteiger partial charge in [0, 0.05) is 0 Å². The van der Waals surface area contributed by atoms with Crippen molar-refractivity contribution >= 4 is 11.8 Å².